The molecule has 4 heteroatoms. The molecule has 1 atom stereocenters. The molecule has 0 bridgehead atoms. The van der Waals surface area contributed by atoms with Gasteiger partial charge in [0.1, 0.15) is 5.75 Å². The van der Waals surface area contributed by atoms with Gasteiger partial charge in [0.15, 0.2) is 5.78 Å². The monoisotopic (exact) mass is 394 g/mol. The lowest BCUT2D eigenvalue weighted by Crippen LogP contribution is -2.41. The lowest BCUT2D eigenvalue weighted by Gasteiger charge is -2.24. The zero-order valence-corrected chi connectivity index (χ0v) is 14.8. The molecule has 0 aliphatic rings. The molecule has 0 N–H and O–H groups in total. The highest BCUT2D eigenvalue weighted by atomic mass is 79.9. The van der Waals surface area contributed by atoms with E-state index < -0.39 is 10.3 Å². The van der Waals surface area contributed by atoms with E-state index >= 15 is 0 Å². The zero-order valence-electron chi connectivity index (χ0n) is 13.3. The van der Waals surface area contributed by atoms with Gasteiger partial charge in [0.2, 0.25) is 4.32 Å². The lowest BCUT2D eigenvalue weighted by atomic mass is 9.90. The molecule has 25 heavy (non-hydrogen) atoms. The number of para-hydroxylation sites is 1. The van der Waals surface area contributed by atoms with E-state index in [1.807, 2.05) is 18.2 Å². The van der Waals surface area contributed by atoms with Crippen molar-refractivity contribution < 1.29 is 14.3 Å². The second-order valence-corrected chi connectivity index (χ2v) is 6.61. The van der Waals surface area contributed by atoms with E-state index in [0.717, 1.165) is 0 Å². The number of ether oxygens (including phenoxy) is 1. The third-order valence-electron chi connectivity index (χ3n) is 3.76. The Bertz CT molecular complexity index is 863. The van der Waals surface area contributed by atoms with Gasteiger partial charge in [0, 0.05) is 5.56 Å². The van der Waals surface area contributed by atoms with Crippen molar-refractivity contribution in [1.82, 2.24) is 0 Å². The van der Waals surface area contributed by atoms with E-state index in [0.29, 0.717) is 16.9 Å². The first kappa shape index (κ1) is 17.1. The van der Waals surface area contributed by atoms with Crippen LogP contribution in [0.15, 0.2) is 91.0 Å². The third-order valence-corrected chi connectivity index (χ3v) is 4.90. The normalized spacial score (nSPS) is 12.8. The molecule has 0 aromatic heterocycles. The number of rotatable bonds is 5. The van der Waals surface area contributed by atoms with Crippen molar-refractivity contribution >= 4 is 27.7 Å². The van der Waals surface area contributed by atoms with Crippen LogP contribution in [0.2, 0.25) is 0 Å². The molecule has 0 radical (unpaired) electrons. The topological polar surface area (TPSA) is 43.4 Å². The van der Waals surface area contributed by atoms with Gasteiger partial charge in [0.05, 0.1) is 0 Å². The van der Waals surface area contributed by atoms with Crippen LogP contribution >= 0.6 is 15.9 Å². The Labute approximate surface area is 154 Å². The van der Waals surface area contributed by atoms with Crippen LogP contribution in [0.1, 0.15) is 15.9 Å². The predicted octanol–water partition coefficient (Wildman–Crippen LogP) is 4.77. The molecule has 0 spiro atoms. The van der Waals surface area contributed by atoms with Crippen LogP contribution in [0.25, 0.3) is 0 Å². The van der Waals surface area contributed by atoms with Gasteiger partial charge in [-0.25, -0.2) is 4.79 Å². The molecular formula is C21H15BrO3. The molecule has 1 unspecified atom stereocenters. The number of carbonyl (C=O) groups excluding carboxylic acids is 2. The zero-order chi connectivity index (χ0) is 17.7. The maximum atomic E-state index is 13.2. The summed E-state index contributed by atoms with van der Waals surface area (Å²) in [6.45, 7) is 0. The van der Waals surface area contributed by atoms with Gasteiger partial charge in [-0.3, -0.25) is 4.79 Å². The van der Waals surface area contributed by atoms with Crippen molar-refractivity contribution in [2.75, 3.05) is 0 Å². The first-order chi connectivity index (χ1) is 12.1. The summed E-state index contributed by atoms with van der Waals surface area (Å²) in [6, 6.07) is 26.2. The minimum atomic E-state index is -1.62. The highest BCUT2D eigenvalue weighted by Crippen LogP contribution is 2.37. The Kier molecular flexibility index (Phi) is 5.10. The van der Waals surface area contributed by atoms with Crippen molar-refractivity contribution in [3.8, 4) is 5.75 Å². The average molecular weight is 395 g/mol. The molecule has 3 aromatic rings. The summed E-state index contributed by atoms with van der Waals surface area (Å²) < 4.78 is 3.85. The summed E-state index contributed by atoms with van der Waals surface area (Å²) in [5.74, 6) is -0.674. The standard InChI is InChI=1S/C21H15BrO3/c22-21(17-12-6-2-7-13-17,19(23)16-10-4-1-5-11-16)20(24)25-18-14-8-3-9-15-18/h1-15H. The van der Waals surface area contributed by atoms with Crippen molar-refractivity contribution in [1.29, 1.82) is 0 Å². The molecule has 3 nitrogen and oxygen atoms in total. The molecule has 0 saturated carbocycles. The lowest BCUT2D eigenvalue weighted by molar-refractivity contribution is -0.135. The molecule has 0 amide bonds. The Balaban J connectivity index is 2.03. The molecule has 124 valence electrons. The number of hydrogen-bond acceptors (Lipinski definition) is 3. The largest absolute Gasteiger partial charge is 0.425 e. The van der Waals surface area contributed by atoms with Gasteiger partial charge >= 0.3 is 5.97 Å². The number of Topliss-reactive ketones (excluding diaryl/α,β-unsaturated/α-hetero) is 1. The van der Waals surface area contributed by atoms with Gasteiger partial charge in [-0.05, 0) is 17.7 Å². The Morgan fingerprint density at radius 2 is 1.20 bits per heavy atom. The summed E-state index contributed by atoms with van der Waals surface area (Å²) in [5.41, 5.74) is 0.943. The number of ketones is 1. The molecular weight excluding hydrogens is 380 g/mol. The number of esters is 1. The van der Waals surface area contributed by atoms with Crippen LogP contribution in [0.5, 0.6) is 5.75 Å². The molecule has 0 fully saturated rings. The number of alkyl halides is 1. The number of halogens is 1. The summed E-state index contributed by atoms with van der Waals surface area (Å²) in [6.07, 6.45) is 0. The van der Waals surface area contributed by atoms with E-state index in [4.69, 9.17) is 4.74 Å². The summed E-state index contributed by atoms with van der Waals surface area (Å²) in [5, 5.41) is 0. The van der Waals surface area contributed by atoms with E-state index in [1.54, 1.807) is 72.8 Å². The minimum Gasteiger partial charge on any atom is -0.425 e. The van der Waals surface area contributed by atoms with E-state index in [-0.39, 0.29) is 5.78 Å². The molecule has 3 aromatic carbocycles. The highest BCUT2D eigenvalue weighted by Gasteiger charge is 2.47. The fourth-order valence-corrected chi connectivity index (χ4v) is 3.04. The quantitative estimate of drug-likeness (QED) is 0.206. The fourth-order valence-electron chi connectivity index (χ4n) is 2.46. The maximum absolute atomic E-state index is 13.2. The fraction of sp³-hybridized carbons (Fsp3) is 0.0476. The SMILES string of the molecule is O=C(Oc1ccccc1)C(Br)(C(=O)c1ccccc1)c1ccccc1. The maximum Gasteiger partial charge on any atom is 0.340 e. The number of benzene rings is 3. The number of carbonyl (C=O) groups is 2. The summed E-state index contributed by atoms with van der Waals surface area (Å²) in [4.78, 5) is 26.1. The Hall–Kier alpha value is -2.72. The Morgan fingerprint density at radius 3 is 1.76 bits per heavy atom. The van der Waals surface area contributed by atoms with Crippen molar-refractivity contribution in [2.24, 2.45) is 0 Å². The van der Waals surface area contributed by atoms with Crippen molar-refractivity contribution in [2.45, 2.75) is 4.32 Å². The second-order valence-electron chi connectivity index (χ2n) is 5.42. The van der Waals surface area contributed by atoms with Crippen LogP contribution in [-0.4, -0.2) is 11.8 Å². The predicted molar refractivity (Wildman–Crippen MR) is 99.9 cm³/mol. The van der Waals surface area contributed by atoms with Crippen molar-refractivity contribution in [3.05, 3.63) is 102 Å². The summed E-state index contributed by atoms with van der Waals surface area (Å²) >= 11 is 3.39. The highest BCUT2D eigenvalue weighted by molar-refractivity contribution is 9.10. The van der Waals surface area contributed by atoms with Gasteiger partial charge in [-0.15, -0.1) is 0 Å². The van der Waals surface area contributed by atoms with Crippen LogP contribution in [-0.2, 0) is 9.12 Å². The van der Waals surface area contributed by atoms with Crippen LogP contribution < -0.4 is 4.74 Å². The van der Waals surface area contributed by atoms with Gasteiger partial charge < -0.3 is 4.74 Å². The molecule has 0 heterocycles. The molecule has 0 aliphatic heterocycles. The van der Waals surface area contributed by atoms with Crippen LogP contribution in [0.3, 0.4) is 0 Å². The van der Waals surface area contributed by atoms with Crippen LogP contribution in [0, 0.1) is 0 Å². The van der Waals surface area contributed by atoms with E-state index in [1.165, 1.54) is 0 Å². The average Bonchev–Trinajstić information content (AvgIpc) is 2.69. The van der Waals surface area contributed by atoms with Crippen molar-refractivity contribution in [3.63, 3.8) is 0 Å². The smallest absolute Gasteiger partial charge is 0.340 e. The molecule has 0 saturated heterocycles. The second kappa shape index (κ2) is 7.45. The van der Waals surface area contributed by atoms with Crippen LogP contribution in [0.4, 0.5) is 0 Å². The molecule has 3 rings (SSSR count). The number of hydrogen-bond donors (Lipinski definition) is 0. The first-order valence-electron chi connectivity index (χ1n) is 7.74. The summed E-state index contributed by atoms with van der Waals surface area (Å²) in [7, 11) is 0. The minimum absolute atomic E-state index is 0.375. The van der Waals surface area contributed by atoms with Gasteiger partial charge in [0.25, 0.3) is 0 Å². The van der Waals surface area contributed by atoms with Gasteiger partial charge in [-0.1, -0.05) is 94.8 Å². The van der Waals surface area contributed by atoms with E-state index in [2.05, 4.69) is 15.9 Å². The first-order valence-corrected chi connectivity index (χ1v) is 8.53. The Morgan fingerprint density at radius 1 is 0.720 bits per heavy atom. The molecule has 0 aliphatic carbocycles. The van der Waals surface area contributed by atoms with E-state index in [9.17, 15) is 9.59 Å². The van der Waals surface area contributed by atoms with Gasteiger partial charge in [-0.2, -0.15) is 0 Å². The third kappa shape index (κ3) is 3.54.